The second kappa shape index (κ2) is 6.83. The Bertz CT molecular complexity index is 548. The van der Waals surface area contributed by atoms with Crippen molar-refractivity contribution in [2.75, 3.05) is 13.2 Å². The van der Waals surface area contributed by atoms with Gasteiger partial charge in [0.05, 0.1) is 6.10 Å². The number of ether oxygens (including phenoxy) is 1. The van der Waals surface area contributed by atoms with E-state index in [0.29, 0.717) is 6.10 Å². The molecular formula is C16H22N4O. The van der Waals surface area contributed by atoms with Gasteiger partial charge in [0.25, 0.3) is 0 Å². The van der Waals surface area contributed by atoms with E-state index in [4.69, 9.17) is 4.74 Å². The number of nitrogens with zero attached hydrogens (tertiary/aromatic N) is 3. The van der Waals surface area contributed by atoms with Crippen LogP contribution in [0.1, 0.15) is 29.9 Å². The van der Waals surface area contributed by atoms with Crippen LogP contribution >= 0.6 is 0 Å². The van der Waals surface area contributed by atoms with Crippen molar-refractivity contribution >= 4 is 0 Å². The molecule has 1 fully saturated rings. The van der Waals surface area contributed by atoms with Gasteiger partial charge in [0.15, 0.2) is 0 Å². The van der Waals surface area contributed by atoms with Gasteiger partial charge in [-0.15, -0.1) is 0 Å². The lowest BCUT2D eigenvalue weighted by atomic mass is 10.2. The summed E-state index contributed by atoms with van der Waals surface area (Å²) in [7, 11) is 0. The van der Waals surface area contributed by atoms with E-state index in [-0.39, 0.29) is 0 Å². The molecule has 1 aliphatic heterocycles. The standard InChI is InChI=1S/C16H22N4O/c1-13-18-9-15(19-13)11-20(12-16-3-2-8-21-16)10-14-4-6-17-7-5-14/h4-7,9,16H,2-3,8,10-12H2,1H3,(H,18,19). The van der Waals surface area contributed by atoms with E-state index in [2.05, 4.69) is 32.0 Å². The van der Waals surface area contributed by atoms with Crippen LogP contribution in [-0.2, 0) is 17.8 Å². The zero-order chi connectivity index (χ0) is 14.5. The van der Waals surface area contributed by atoms with Gasteiger partial charge in [0, 0.05) is 50.5 Å². The summed E-state index contributed by atoms with van der Waals surface area (Å²) in [6.07, 6.45) is 8.31. The highest BCUT2D eigenvalue weighted by molar-refractivity contribution is 5.10. The van der Waals surface area contributed by atoms with Crippen molar-refractivity contribution in [3.8, 4) is 0 Å². The molecule has 1 atom stereocenters. The molecule has 3 heterocycles. The second-order valence-electron chi connectivity index (χ2n) is 5.65. The fourth-order valence-electron chi connectivity index (χ4n) is 2.80. The smallest absolute Gasteiger partial charge is 0.103 e. The van der Waals surface area contributed by atoms with Gasteiger partial charge < -0.3 is 9.72 Å². The highest BCUT2D eigenvalue weighted by Crippen LogP contribution is 2.16. The molecule has 5 heteroatoms. The lowest BCUT2D eigenvalue weighted by molar-refractivity contribution is 0.0675. The Balaban J connectivity index is 1.67. The normalized spacial score (nSPS) is 18.5. The van der Waals surface area contributed by atoms with Crippen molar-refractivity contribution < 1.29 is 4.74 Å². The predicted molar refractivity (Wildman–Crippen MR) is 80.6 cm³/mol. The highest BCUT2D eigenvalue weighted by Gasteiger charge is 2.20. The minimum Gasteiger partial charge on any atom is -0.377 e. The number of rotatable bonds is 6. The third-order valence-electron chi connectivity index (χ3n) is 3.79. The molecule has 0 spiro atoms. The van der Waals surface area contributed by atoms with Crippen LogP contribution in [0.15, 0.2) is 30.7 Å². The number of hydrogen-bond acceptors (Lipinski definition) is 4. The molecule has 21 heavy (non-hydrogen) atoms. The molecule has 3 rings (SSSR count). The first-order valence-corrected chi connectivity index (χ1v) is 7.53. The summed E-state index contributed by atoms with van der Waals surface area (Å²) < 4.78 is 5.78. The first-order chi connectivity index (χ1) is 10.3. The average molecular weight is 286 g/mol. The van der Waals surface area contributed by atoms with E-state index >= 15 is 0 Å². The minimum atomic E-state index is 0.357. The van der Waals surface area contributed by atoms with Gasteiger partial charge in [-0.05, 0) is 37.5 Å². The van der Waals surface area contributed by atoms with Crippen molar-refractivity contribution in [3.63, 3.8) is 0 Å². The molecule has 0 amide bonds. The van der Waals surface area contributed by atoms with Crippen LogP contribution in [0, 0.1) is 6.92 Å². The number of pyridine rings is 1. The quantitative estimate of drug-likeness (QED) is 0.885. The zero-order valence-electron chi connectivity index (χ0n) is 12.5. The molecule has 1 unspecified atom stereocenters. The van der Waals surface area contributed by atoms with E-state index in [1.807, 2.05) is 25.5 Å². The molecule has 1 N–H and O–H groups in total. The third-order valence-corrected chi connectivity index (χ3v) is 3.79. The number of aryl methyl sites for hydroxylation is 1. The van der Waals surface area contributed by atoms with Crippen LogP contribution in [0.2, 0.25) is 0 Å². The largest absolute Gasteiger partial charge is 0.377 e. The number of hydrogen-bond donors (Lipinski definition) is 1. The first-order valence-electron chi connectivity index (χ1n) is 7.53. The summed E-state index contributed by atoms with van der Waals surface area (Å²) in [4.78, 5) is 14.1. The maximum Gasteiger partial charge on any atom is 0.103 e. The van der Waals surface area contributed by atoms with E-state index in [0.717, 1.165) is 44.2 Å². The Hall–Kier alpha value is -1.72. The van der Waals surface area contributed by atoms with Gasteiger partial charge in [0.2, 0.25) is 0 Å². The van der Waals surface area contributed by atoms with E-state index in [1.54, 1.807) is 0 Å². The molecule has 0 saturated carbocycles. The van der Waals surface area contributed by atoms with Crippen molar-refractivity contribution in [1.29, 1.82) is 0 Å². The van der Waals surface area contributed by atoms with E-state index in [1.165, 1.54) is 12.0 Å². The van der Waals surface area contributed by atoms with Crippen LogP contribution < -0.4 is 0 Å². The highest BCUT2D eigenvalue weighted by atomic mass is 16.5. The molecule has 112 valence electrons. The van der Waals surface area contributed by atoms with Crippen LogP contribution in [0.3, 0.4) is 0 Å². The number of imidazole rings is 1. The van der Waals surface area contributed by atoms with Crippen LogP contribution in [-0.4, -0.2) is 39.1 Å². The Labute approximate surface area is 125 Å². The Morgan fingerprint density at radius 2 is 2.19 bits per heavy atom. The van der Waals surface area contributed by atoms with Gasteiger partial charge in [-0.2, -0.15) is 0 Å². The monoisotopic (exact) mass is 286 g/mol. The minimum absolute atomic E-state index is 0.357. The molecule has 0 aromatic carbocycles. The molecule has 1 aliphatic rings. The molecule has 5 nitrogen and oxygen atoms in total. The van der Waals surface area contributed by atoms with E-state index in [9.17, 15) is 0 Å². The number of aromatic nitrogens is 3. The first kappa shape index (κ1) is 14.2. The second-order valence-corrected chi connectivity index (χ2v) is 5.65. The summed E-state index contributed by atoms with van der Waals surface area (Å²) in [5, 5.41) is 0. The summed E-state index contributed by atoms with van der Waals surface area (Å²) in [5.41, 5.74) is 2.43. The molecular weight excluding hydrogens is 264 g/mol. The van der Waals surface area contributed by atoms with Crippen LogP contribution in [0.25, 0.3) is 0 Å². The molecule has 2 aromatic rings. The third kappa shape index (κ3) is 4.12. The topological polar surface area (TPSA) is 54.0 Å². The zero-order valence-corrected chi connectivity index (χ0v) is 12.5. The predicted octanol–water partition coefficient (Wildman–Crippen LogP) is 2.29. The molecule has 2 aromatic heterocycles. The Morgan fingerprint density at radius 1 is 1.33 bits per heavy atom. The maximum atomic E-state index is 5.78. The van der Waals surface area contributed by atoms with Crippen LogP contribution in [0.5, 0.6) is 0 Å². The van der Waals surface area contributed by atoms with Gasteiger partial charge in [-0.25, -0.2) is 4.98 Å². The van der Waals surface area contributed by atoms with Crippen LogP contribution in [0.4, 0.5) is 0 Å². The van der Waals surface area contributed by atoms with Crippen molar-refractivity contribution in [2.45, 2.75) is 39.0 Å². The fraction of sp³-hybridized carbons (Fsp3) is 0.500. The summed E-state index contributed by atoms with van der Waals surface area (Å²) in [5.74, 6) is 0.964. The van der Waals surface area contributed by atoms with Gasteiger partial charge in [0.1, 0.15) is 5.82 Å². The number of H-pyrrole nitrogens is 1. The van der Waals surface area contributed by atoms with Gasteiger partial charge in [-0.1, -0.05) is 0 Å². The van der Waals surface area contributed by atoms with Crippen molar-refractivity contribution in [2.24, 2.45) is 0 Å². The molecule has 1 saturated heterocycles. The van der Waals surface area contributed by atoms with Gasteiger partial charge in [-0.3, -0.25) is 9.88 Å². The number of nitrogens with one attached hydrogen (secondary N) is 1. The average Bonchev–Trinajstić information content (AvgIpc) is 3.12. The fourth-order valence-corrected chi connectivity index (χ4v) is 2.80. The summed E-state index contributed by atoms with van der Waals surface area (Å²) >= 11 is 0. The summed E-state index contributed by atoms with van der Waals surface area (Å²) in [6.45, 7) is 5.61. The van der Waals surface area contributed by atoms with Crippen molar-refractivity contribution in [1.82, 2.24) is 19.9 Å². The Kier molecular flexibility index (Phi) is 4.62. The molecule has 0 bridgehead atoms. The molecule has 0 aliphatic carbocycles. The maximum absolute atomic E-state index is 5.78. The number of aromatic amines is 1. The Morgan fingerprint density at radius 3 is 2.86 bits per heavy atom. The molecule has 0 radical (unpaired) electrons. The SMILES string of the molecule is Cc1ncc(CN(Cc2ccncc2)CC2CCCO2)[nH]1. The van der Waals surface area contributed by atoms with Crippen molar-refractivity contribution in [3.05, 3.63) is 47.8 Å². The van der Waals surface area contributed by atoms with Gasteiger partial charge >= 0.3 is 0 Å². The van der Waals surface area contributed by atoms with E-state index < -0.39 is 0 Å². The summed E-state index contributed by atoms with van der Waals surface area (Å²) in [6, 6.07) is 4.14. The lowest BCUT2D eigenvalue weighted by Gasteiger charge is -2.24. The lowest BCUT2D eigenvalue weighted by Crippen LogP contribution is -2.31.